The van der Waals surface area contributed by atoms with Gasteiger partial charge in [-0.05, 0) is 57.0 Å². The van der Waals surface area contributed by atoms with Gasteiger partial charge in [0.15, 0.2) is 0 Å². The molecule has 0 spiro atoms. The van der Waals surface area contributed by atoms with Crippen molar-refractivity contribution in [1.29, 1.82) is 0 Å². The van der Waals surface area contributed by atoms with E-state index in [-0.39, 0.29) is 11.2 Å². The minimum absolute atomic E-state index is 0.214. The first-order valence-electron chi connectivity index (χ1n) is 8.69. The Hall–Kier alpha value is -2.95. The molecular formula is C21H24N2O3. The average Bonchev–Trinajstić information content (AvgIpc) is 2.98. The number of ether oxygens (including phenoxy) is 1. The summed E-state index contributed by atoms with van der Waals surface area (Å²) in [6.45, 7) is 6.43. The third-order valence-corrected chi connectivity index (χ3v) is 4.03. The van der Waals surface area contributed by atoms with Crippen molar-refractivity contribution in [3.63, 3.8) is 0 Å². The van der Waals surface area contributed by atoms with E-state index in [0.717, 1.165) is 11.9 Å². The number of fused-ring (bicyclic) bond motifs is 1. The quantitative estimate of drug-likeness (QED) is 0.601. The Morgan fingerprint density at radius 1 is 1.19 bits per heavy atom. The van der Waals surface area contributed by atoms with E-state index in [1.807, 2.05) is 45.2 Å². The van der Waals surface area contributed by atoms with Gasteiger partial charge in [0.1, 0.15) is 11.4 Å². The van der Waals surface area contributed by atoms with E-state index in [9.17, 15) is 9.90 Å². The lowest BCUT2D eigenvalue weighted by atomic mass is 10.1. The van der Waals surface area contributed by atoms with Gasteiger partial charge in [-0.25, -0.2) is 4.79 Å². The number of anilines is 1. The average molecular weight is 352 g/mol. The van der Waals surface area contributed by atoms with Crippen LogP contribution in [0.4, 0.5) is 5.69 Å². The van der Waals surface area contributed by atoms with E-state index in [2.05, 4.69) is 16.4 Å². The van der Waals surface area contributed by atoms with Crippen molar-refractivity contribution >= 4 is 22.6 Å². The Morgan fingerprint density at radius 2 is 1.96 bits per heavy atom. The van der Waals surface area contributed by atoms with Gasteiger partial charge < -0.3 is 20.1 Å². The summed E-state index contributed by atoms with van der Waals surface area (Å²) in [6, 6.07) is 13.3. The predicted octanol–water partition coefficient (Wildman–Crippen LogP) is 4.70. The van der Waals surface area contributed by atoms with Gasteiger partial charge in [-0.1, -0.05) is 18.2 Å². The smallest absolute Gasteiger partial charge is 0.337 e. The van der Waals surface area contributed by atoms with Crippen LogP contribution < -0.4 is 10.1 Å². The molecule has 3 aromatic rings. The van der Waals surface area contributed by atoms with Crippen LogP contribution >= 0.6 is 0 Å². The first kappa shape index (κ1) is 17.9. The van der Waals surface area contributed by atoms with Crippen LogP contribution in [0, 0.1) is 0 Å². The van der Waals surface area contributed by atoms with Crippen LogP contribution in [-0.2, 0) is 6.42 Å². The SMILES string of the molecule is CC(C)(C)Oc1ccc(NCCc2c[nH]c3ccccc23)c(C(=O)O)c1. The number of aromatic nitrogens is 1. The molecule has 0 fully saturated rings. The molecule has 3 N–H and O–H groups in total. The topological polar surface area (TPSA) is 74.3 Å². The minimum atomic E-state index is -0.973. The molecule has 0 bridgehead atoms. The number of H-pyrrole nitrogens is 1. The molecule has 5 nitrogen and oxygen atoms in total. The van der Waals surface area contributed by atoms with E-state index in [0.29, 0.717) is 18.0 Å². The maximum absolute atomic E-state index is 11.6. The molecular weight excluding hydrogens is 328 g/mol. The number of carboxylic acids is 1. The number of aromatic carboxylic acids is 1. The van der Waals surface area contributed by atoms with Gasteiger partial charge in [0, 0.05) is 29.3 Å². The van der Waals surface area contributed by atoms with Crippen molar-refractivity contribution in [2.75, 3.05) is 11.9 Å². The lowest BCUT2D eigenvalue weighted by Crippen LogP contribution is -2.23. The van der Waals surface area contributed by atoms with Crippen molar-refractivity contribution in [3.05, 3.63) is 59.8 Å². The predicted molar refractivity (Wildman–Crippen MR) is 104 cm³/mol. The summed E-state index contributed by atoms with van der Waals surface area (Å²) in [5, 5.41) is 13.9. The number of aromatic amines is 1. The molecule has 1 aromatic heterocycles. The highest BCUT2D eigenvalue weighted by Gasteiger charge is 2.16. The number of carboxylic acid groups (broad SMARTS) is 1. The third kappa shape index (κ3) is 4.17. The number of hydrogen-bond donors (Lipinski definition) is 3. The van der Waals surface area contributed by atoms with Gasteiger partial charge in [0.2, 0.25) is 0 Å². The zero-order valence-corrected chi connectivity index (χ0v) is 15.3. The van der Waals surface area contributed by atoms with Gasteiger partial charge in [-0.2, -0.15) is 0 Å². The van der Waals surface area contributed by atoms with Crippen LogP contribution in [0.15, 0.2) is 48.7 Å². The summed E-state index contributed by atoms with van der Waals surface area (Å²) in [6.07, 6.45) is 2.80. The Kier molecular flexibility index (Phi) is 4.89. The van der Waals surface area contributed by atoms with E-state index in [4.69, 9.17) is 4.74 Å². The second-order valence-electron chi connectivity index (χ2n) is 7.26. The number of benzene rings is 2. The number of nitrogens with one attached hydrogen (secondary N) is 2. The van der Waals surface area contributed by atoms with E-state index < -0.39 is 5.97 Å². The molecule has 0 saturated carbocycles. The monoisotopic (exact) mass is 352 g/mol. The van der Waals surface area contributed by atoms with Gasteiger partial charge in [-0.3, -0.25) is 0 Å². The van der Waals surface area contributed by atoms with E-state index >= 15 is 0 Å². The van der Waals surface area contributed by atoms with Crippen LogP contribution in [0.1, 0.15) is 36.7 Å². The highest BCUT2D eigenvalue weighted by Crippen LogP contribution is 2.25. The minimum Gasteiger partial charge on any atom is -0.488 e. The van der Waals surface area contributed by atoms with Crippen LogP contribution in [0.3, 0.4) is 0 Å². The summed E-state index contributed by atoms with van der Waals surface area (Å²) >= 11 is 0. The van der Waals surface area contributed by atoms with Crippen LogP contribution in [0.2, 0.25) is 0 Å². The van der Waals surface area contributed by atoms with Crippen molar-refractivity contribution in [3.8, 4) is 5.75 Å². The van der Waals surface area contributed by atoms with Crippen LogP contribution in [-0.4, -0.2) is 28.2 Å². The van der Waals surface area contributed by atoms with Gasteiger partial charge in [0.05, 0.1) is 5.56 Å². The highest BCUT2D eigenvalue weighted by molar-refractivity contribution is 5.94. The van der Waals surface area contributed by atoms with Gasteiger partial charge in [0.25, 0.3) is 0 Å². The molecule has 0 saturated heterocycles. The zero-order chi connectivity index (χ0) is 18.7. The highest BCUT2D eigenvalue weighted by atomic mass is 16.5. The molecule has 0 radical (unpaired) electrons. The molecule has 2 aromatic carbocycles. The Balaban J connectivity index is 1.72. The third-order valence-electron chi connectivity index (χ3n) is 4.03. The molecule has 0 aliphatic carbocycles. The second-order valence-corrected chi connectivity index (χ2v) is 7.26. The molecule has 0 aliphatic heterocycles. The Labute approximate surface area is 153 Å². The molecule has 0 atom stereocenters. The van der Waals surface area contributed by atoms with Crippen molar-refractivity contribution < 1.29 is 14.6 Å². The normalized spacial score (nSPS) is 11.5. The van der Waals surface area contributed by atoms with E-state index in [1.165, 1.54) is 10.9 Å². The molecule has 5 heteroatoms. The lowest BCUT2D eigenvalue weighted by Gasteiger charge is -2.22. The standard InChI is InChI=1S/C21H24N2O3/c1-21(2,3)26-15-8-9-19(17(12-15)20(24)25)22-11-10-14-13-23-18-7-5-4-6-16(14)18/h4-9,12-13,22-23H,10-11H2,1-3H3,(H,24,25). The lowest BCUT2D eigenvalue weighted by molar-refractivity contribution is 0.0695. The van der Waals surface area contributed by atoms with Crippen molar-refractivity contribution in [2.24, 2.45) is 0 Å². The van der Waals surface area contributed by atoms with E-state index in [1.54, 1.807) is 18.2 Å². The largest absolute Gasteiger partial charge is 0.488 e. The summed E-state index contributed by atoms with van der Waals surface area (Å²) in [7, 11) is 0. The fourth-order valence-electron chi connectivity index (χ4n) is 2.94. The fourth-order valence-corrected chi connectivity index (χ4v) is 2.94. The molecule has 0 unspecified atom stereocenters. The Bertz CT molecular complexity index is 922. The fraction of sp³-hybridized carbons (Fsp3) is 0.286. The first-order chi connectivity index (χ1) is 12.3. The number of carbonyl (C=O) groups is 1. The van der Waals surface area contributed by atoms with Crippen molar-refractivity contribution in [1.82, 2.24) is 4.98 Å². The maximum Gasteiger partial charge on any atom is 0.337 e. The van der Waals surface area contributed by atoms with Crippen LogP contribution in [0.25, 0.3) is 10.9 Å². The maximum atomic E-state index is 11.6. The number of hydrogen-bond acceptors (Lipinski definition) is 3. The Morgan fingerprint density at radius 3 is 2.69 bits per heavy atom. The molecule has 0 aliphatic rings. The molecule has 0 amide bonds. The number of rotatable bonds is 6. The molecule has 1 heterocycles. The molecule has 3 rings (SSSR count). The van der Waals surface area contributed by atoms with Crippen LogP contribution in [0.5, 0.6) is 5.75 Å². The molecule has 26 heavy (non-hydrogen) atoms. The number of para-hydroxylation sites is 1. The second kappa shape index (κ2) is 7.12. The summed E-state index contributed by atoms with van der Waals surface area (Å²) in [5.74, 6) is -0.420. The zero-order valence-electron chi connectivity index (χ0n) is 15.3. The summed E-state index contributed by atoms with van der Waals surface area (Å²) in [4.78, 5) is 14.9. The summed E-state index contributed by atoms with van der Waals surface area (Å²) in [5.41, 5.74) is 2.75. The van der Waals surface area contributed by atoms with Gasteiger partial charge >= 0.3 is 5.97 Å². The molecule has 136 valence electrons. The summed E-state index contributed by atoms with van der Waals surface area (Å²) < 4.78 is 5.76. The first-order valence-corrected chi connectivity index (χ1v) is 8.69. The van der Waals surface area contributed by atoms with Crippen molar-refractivity contribution in [2.45, 2.75) is 32.8 Å². The van der Waals surface area contributed by atoms with Gasteiger partial charge in [-0.15, -0.1) is 0 Å².